The fourth-order valence-electron chi connectivity index (χ4n) is 2.56. The van der Waals surface area contributed by atoms with Gasteiger partial charge in [0, 0.05) is 18.8 Å². The van der Waals surface area contributed by atoms with Gasteiger partial charge in [-0.05, 0) is 36.4 Å². The van der Waals surface area contributed by atoms with Crippen molar-refractivity contribution in [3.63, 3.8) is 0 Å². The van der Waals surface area contributed by atoms with Gasteiger partial charge in [0.2, 0.25) is 11.8 Å². The van der Waals surface area contributed by atoms with E-state index in [1.165, 1.54) is 0 Å². The molecule has 0 bridgehead atoms. The summed E-state index contributed by atoms with van der Waals surface area (Å²) in [6, 6.07) is 9.69. The zero-order valence-electron chi connectivity index (χ0n) is 16.7. The number of thioether (sulfide) groups is 1. The molecule has 3 aromatic rings. The molecule has 8 nitrogen and oxygen atoms in total. The first-order chi connectivity index (χ1) is 14.9. The molecule has 0 aliphatic rings. The lowest BCUT2D eigenvalue weighted by Gasteiger charge is -2.07. The third-order valence-corrected chi connectivity index (χ3v) is 5.17. The Bertz CT molecular complexity index is 1090. The number of hydrogen-bond acceptors (Lipinski definition) is 6. The van der Waals surface area contributed by atoms with Gasteiger partial charge in [-0.2, -0.15) is 0 Å². The van der Waals surface area contributed by atoms with E-state index in [4.69, 9.17) is 4.74 Å². The van der Waals surface area contributed by atoms with Crippen molar-refractivity contribution in [1.82, 2.24) is 14.8 Å². The normalized spacial score (nSPS) is 10.6. The lowest BCUT2D eigenvalue weighted by Crippen LogP contribution is -2.17. The van der Waals surface area contributed by atoms with Crippen molar-refractivity contribution >= 4 is 35.0 Å². The van der Waals surface area contributed by atoms with E-state index in [0.717, 1.165) is 30.0 Å². The minimum atomic E-state index is -0.733. The highest BCUT2D eigenvalue weighted by atomic mass is 32.2. The van der Waals surface area contributed by atoms with E-state index in [1.807, 2.05) is 0 Å². The number of amides is 2. The smallest absolute Gasteiger partial charge is 0.234 e. The predicted molar refractivity (Wildman–Crippen MR) is 112 cm³/mol. The Hall–Kier alpha value is -3.47. The van der Waals surface area contributed by atoms with Gasteiger partial charge in [0.05, 0.1) is 25.0 Å². The van der Waals surface area contributed by atoms with Gasteiger partial charge in [-0.3, -0.25) is 9.59 Å². The van der Waals surface area contributed by atoms with Crippen LogP contribution in [0.3, 0.4) is 0 Å². The highest BCUT2D eigenvalue weighted by Crippen LogP contribution is 2.19. The van der Waals surface area contributed by atoms with Crippen LogP contribution >= 0.6 is 11.8 Å². The minimum Gasteiger partial charge on any atom is -0.497 e. The van der Waals surface area contributed by atoms with Crippen LogP contribution in [0.25, 0.3) is 0 Å². The predicted octanol–water partition coefficient (Wildman–Crippen LogP) is 3.01. The maximum absolute atomic E-state index is 13.6. The molecular weight excluding hydrogens is 428 g/mol. The standard InChI is InChI=1S/C20H19F2N5O3S/c1-27-17(10-18(28)23-13-4-6-14(30-2)7-5-13)25-26-20(27)31-11-19(29)24-16-9-12(21)3-8-15(16)22/h3-9H,10-11H2,1-2H3,(H,23,28)(H,24,29). The maximum atomic E-state index is 13.6. The number of aromatic nitrogens is 3. The Morgan fingerprint density at radius 3 is 2.52 bits per heavy atom. The highest BCUT2D eigenvalue weighted by molar-refractivity contribution is 7.99. The van der Waals surface area contributed by atoms with E-state index in [9.17, 15) is 18.4 Å². The third kappa shape index (κ3) is 6.01. The molecule has 3 rings (SSSR count). The lowest BCUT2D eigenvalue weighted by molar-refractivity contribution is -0.116. The van der Waals surface area contributed by atoms with E-state index >= 15 is 0 Å². The topological polar surface area (TPSA) is 98.1 Å². The molecule has 0 fully saturated rings. The number of benzene rings is 2. The molecule has 0 saturated carbocycles. The molecule has 0 saturated heterocycles. The summed E-state index contributed by atoms with van der Waals surface area (Å²) in [7, 11) is 3.23. The van der Waals surface area contributed by atoms with Crippen molar-refractivity contribution in [2.75, 3.05) is 23.5 Å². The summed E-state index contributed by atoms with van der Waals surface area (Å²) < 4.78 is 33.5. The van der Waals surface area contributed by atoms with Crippen molar-refractivity contribution in [3.8, 4) is 5.75 Å². The molecule has 0 aliphatic heterocycles. The number of nitrogens with zero attached hydrogens (tertiary/aromatic N) is 3. The number of hydrogen-bond donors (Lipinski definition) is 2. The van der Waals surface area contributed by atoms with E-state index in [0.29, 0.717) is 22.4 Å². The van der Waals surface area contributed by atoms with Crippen LogP contribution in [0.15, 0.2) is 47.6 Å². The van der Waals surface area contributed by atoms with Gasteiger partial charge >= 0.3 is 0 Å². The van der Waals surface area contributed by atoms with Crippen molar-refractivity contribution in [2.45, 2.75) is 11.6 Å². The summed E-state index contributed by atoms with van der Waals surface area (Å²) in [5.41, 5.74) is 0.378. The average Bonchev–Trinajstić information content (AvgIpc) is 3.09. The number of nitrogens with one attached hydrogen (secondary N) is 2. The molecule has 1 heterocycles. The van der Waals surface area contributed by atoms with Gasteiger partial charge in [0.15, 0.2) is 5.16 Å². The third-order valence-electron chi connectivity index (χ3n) is 4.15. The van der Waals surface area contributed by atoms with Crippen LogP contribution in [-0.4, -0.2) is 39.4 Å². The van der Waals surface area contributed by atoms with Crippen LogP contribution in [0.4, 0.5) is 20.2 Å². The second kappa shape index (κ2) is 10.0. The molecule has 2 amide bonds. The van der Waals surface area contributed by atoms with Crippen molar-refractivity contribution in [2.24, 2.45) is 7.05 Å². The number of carbonyl (C=O) groups excluding carboxylic acids is 2. The van der Waals surface area contributed by atoms with Crippen LogP contribution in [0, 0.1) is 11.6 Å². The number of carbonyl (C=O) groups is 2. The van der Waals surface area contributed by atoms with Gasteiger partial charge in [0.25, 0.3) is 0 Å². The van der Waals surface area contributed by atoms with Gasteiger partial charge in [-0.1, -0.05) is 11.8 Å². The summed E-state index contributed by atoms with van der Waals surface area (Å²) in [5.74, 6) is -1.21. The molecule has 0 radical (unpaired) electrons. The maximum Gasteiger partial charge on any atom is 0.234 e. The molecule has 1 aromatic heterocycles. The molecule has 2 N–H and O–H groups in total. The number of rotatable bonds is 8. The molecule has 162 valence electrons. The number of methoxy groups -OCH3 is 1. The van der Waals surface area contributed by atoms with Gasteiger partial charge in [-0.25, -0.2) is 8.78 Å². The van der Waals surface area contributed by atoms with Crippen molar-refractivity contribution < 1.29 is 23.1 Å². The Kier molecular flexibility index (Phi) is 7.19. The van der Waals surface area contributed by atoms with Gasteiger partial charge in [0.1, 0.15) is 23.2 Å². The summed E-state index contributed by atoms with van der Waals surface area (Å²) >= 11 is 1.06. The van der Waals surface area contributed by atoms with E-state index < -0.39 is 17.5 Å². The first kappa shape index (κ1) is 22.2. The fourth-order valence-corrected chi connectivity index (χ4v) is 3.29. The zero-order chi connectivity index (χ0) is 22.4. The summed E-state index contributed by atoms with van der Waals surface area (Å²) in [4.78, 5) is 24.3. The number of anilines is 2. The largest absolute Gasteiger partial charge is 0.497 e. The first-order valence-electron chi connectivity index (χ1n) is 9.05. The van der Waals surface area contributed by atoms with E-state index in [1.54, 1.807) is 43.0 Å². The quantitative estimate of drug-likeness (QED) is 0.515. The fraction of sp³-hybridized carbons (Fsp3) is 0.200. The summed E-state index contributed by atoms with van der Waals surface area (Å²) in [6.45, 7) is 0. The molecule has 2 aromatic carbocycles. The Morgan fingerprint density at radius 2 is 1.81 bits per heavy atom. The Balaban J connectivity index is 1.53. The molecule has 0 spiro atoms. The molecule has 0 aliphatic carbocycles. The van der Waals surface area contributed by atoms with Crippen molar-refractivity contribution in [1.29, 1.82) is 0 Å². The second-order valence-electron chi connectivity index (χ2n) is 6.37. The molecule has 0 unspecified atom stereocenters. The first-order valence-corrected chi connectivity index (χ1v) is 10.0. The van der Waals surface area contributed by atoms with Crippen molar-refractivity contribution in [3.05, 3.63) is 59.9 Å². The van der Waals surface area contributed by atoms with Crippen LogP contribution in [0.5, 0.6) is 5.75 Å². The van der Waals surface area contributed by atoms with Gasteiger partial charge in [-0.15, -0.1) is 10.2 Å². The van der Waals surface area contributed by atoms with Crippen LogP contribution in [-0.2, 0) is 23.1 Å². The molecular formula is C20H19F2N5O3S. The van der Waals surface area contributed by atoms with E-state index in [-0.39, 0.29) is 23.8 Å². The minimum absolute atomic E-state index is 0.0171. The number of halogens is 2. The van der Waals surface area contributed by atoms with Crippen LogP contribution < -0.4 is 15.4 Å². The summed E-state index contributed by atoms with van der Waals surface area (Å²) in [5, 5.41) is 13.4. The summed E-state index contributed by atoms with van der Waals surface area (Å²) in [6.07, 6.45) is -0.0171. The Labute approximate surface area is 181 Å². The molecule has 31 heavy (non-hydrogen) atoms. The van der Waals surface area contributed by atoms with E-state index in [2.05, 4.69) is 20.8 Å². The number of ether oxygens (including phenoxy) is 1. The average molecular weight is 447 g/mol. The monoisotopic (exact) mass is 447 g/mol. The zero-order valence-corrected chi connectivity index (χ0v) is 17.5. The van der Waals surface area contributed by atoms with Crippen LogP contribution in [0.1, 0.15) is 5.82 Å². The molecule has 11 heteroatoms. The van der Waals surface area contributed by atoms with Gasteiger partial charge < -0.3 is 19.9 Å². The highest BCUT2D eigenvalue weighted by Gasteiger charge is 2.15. The Morgan fingerprint density at radius 1 is 1.06 bits per heavy atom. The lowest BCUT2D eigenvalue weighted by atomic mass is 10.3. The SMILES string of the molecule is COc1ccc(NC(=O)Cc2nnc(SCC(=O)Nc3cc(F)ccc3F)n2C)cc1. The van der Waals surface area contributed by atoms with Crippen LogP contribution in [0.2, 0.25) is 0 Å². The molecule has 0 atom stereocenters. The second-order valence-corrected chi connectivity index (χ2v) is 7.31.